The molecule has 0 radical (unpaired) electrons. The van der Waals surface area contributed by atoms with Gasteiger partial charge in [0.2, 0.25) is 0 Å². The molecule has 112 valence electrons. The lowest BCUT2D eigenvalue weighted by molar-refractivity contribution is 0.371. The number of nitriles is 1. The highest BCUT2D eigenvalue weighted by molar-refractivity contribution is 9.13. The fraction of sp³-hybridized carbons (Fsp3) is 0.0625. The normalized spacial score (nSPS) is 11.1. The predicted molar refractivity (Wildman–Crippen MR) is 95.0 cm³/mol. The van der Waals surface area contributed by atoms with Crippen LogP contribution in [0.25, 0.3) is 11.6 Å². The van der Waals surface area contributed by atoms with Crippen LogP contribution in [-0.2, 0) is 0 Å². The molecule has 0 aromatic heterocycles. The number of phenolic OH excluding ortho intramolecular Hbond substituents is 1. The van der Waals surface area contributed by atoms with Crippen LogP contribution in [-0.4, -0.2) is 12.2 Å². The summed E-state index contributed by atoms with van der Waals surface area (Å²) < 4.78 is 6.20. The zero-order chi connectivity index (χ0) is 16.3. The number of phenols is 1. The van der Waals surface area contributed by atoms with E-state index < -0.39 is 0 Å². The van der Waals surface area contributed by atoms with Gasteiger partial charge in [-0.1, -0.05) is 29.8 Å². The molecule has 0 aliphatic heterocycles. The number of hydrogen-bond acceptors (Lipinski definition) is 3. The average molecular weight is 444 g/mol. The monoisotopic (exact) mass is 441 g/mol. The topological polar surface area (TPSA) is 53.2 Å². The number of halogens is 3. The Morgan fingerprint density at radius 1 is 1.32 bits per heavy atom. The lowest BCUT2D eigenvalue weighted by Gasteiger charge is -2.10. The molecule has 1 N–H and O–H groups in total. The minimum atomic E-state index is -0.0113. The third-order valence-electron chi connectivity index (χ3n) is 2.98. The van der Waals surface area contributed by atoms with E-state index >= 15 is 0 Å². The number of nitrogens with zero attached hydrogens (tertiary/aromatic N) is 1. The maximum Gasteiger partial charge on any atom is 0.173 e. The Hall–Kier alpha value is -1.48. The average Bonchev–Trinajstić information content (AvgIpc) is 2.53. The molecule has 0 saturated carbocycles. The summed E-state index contributed by atoms with van der Waals surface area (Å²) in [6.07, 6.45) is 1.68. The van der Waals surface area contributed by atoms with Crippen LogP contribution in [0.2, 0.25) is 5.02 Å². The van der Waals surface area contributed by atoms with Gasteiger partial charge in [-0.05, 0) is 55.6 Å². The molecule has 0 atom stereocenters. The molecule has 2 aromatic carbocycles. The number of benzene rings is 2. The van der Waals surface area contributed by atoms with E-state index in [0.717, 1.165) is 0 Å². The second kappa shape index (κ2) is 7.19. The van der Waals surface area contributed by atoms with Crippen molar-refractivity contribution < 1.29 is 9.84 Å². The van der Waals surface area contributed by atoms with Gasteiger partial charge in [-0.15, -0.1) is 0 Å². The molecule has 0 aliphatic rings. The molecule has 0 bridgehead atoms. The molecular formula is C16H10Br2ClNO2. The molecule has 0 fully saturated rings. The minimum Gasteiger partial charge on any atom is -0.503 e. The maximum atomic E-state index is 9.95. The van der Waals surface area contributed by atoms with E-state index in [9.17, 15) is 10.4 Å². The third kappa shape index (κ3) is 3.30. The van der Waals surface area contributed by atoms with Crippen molar-refractivity contribution in [3.63, 3.8) is 0 Å². The number of allylic oxidation sites excluding steroid dienone is 1. The molecule has 6 heteroatoms. The summed E-state index contributed by atoms with van der Waals surface area (Å²) in [4.78, 5) is 0. The van der Waals surface area contributed by atoms with E-state index in [1.54, 1.807) is 30.3 Å². The standard InChI is InChI=1S/C16H10Br2ClNO2/c1-22-13-7-9(14(17)15(18)16(13)21)6-10(8-20)11-4-2-3-5-12(11)19/h2-7,21H,1H3. The highest BCUT2D eigenvalue weighted by Gasteiger charge is 2.15. The summed E-state index contributed by atoms with van der Waals surface area (Å²) in [6, 6.07) is 10.9. The largest absolute Gasteiger partial charge is 0.503 e. The van der Waals surface area contributed by atoms with Crippen molar-refractivity contribution in [3.05, 3.63) is 55.4 Å². The number of rotatable bonds is 3. The predicted octanol–water partition coefficient (Wildman–Crippen LogP) is 5.64. The van der Waals surface area contributed by atoms with Crippen molar-refractivity contribution >= 4 is 55.1 Å². The Kier molecular flexibility index (Phi) is 5.52. The highest BCUT2D eigenvalue weighted by Crippen LogP contribution is 2.42. The Balaban J connectivity index is 2.64. The van der Waals surface area contributed by atoms with Crippen LogP contribution in [0.4, 0.5) is 0 Å². The van der Waals surface area contributed by atoms with E-state index in [1.165, 1.54) is 7.11 Å². The first-order valence-electron chi connectivity index (χ1n) is 6.11. The van der Waals surface area contributed by atoms with Crippen molar-refractivity contribution in [2.75, 3.05) is 7.11 Å². The van der Waals surface area contributed by atoms with Crippen LogP contribution in [0.15, 0.2) is 39.3 Å². The Labute approximate surface area is 150 Å². The number of methoxy groups -OCH3 is 1. The van der Waals surface area contributed by atoms with Crippen LogP contribution in [0.3, 0.4) is 0 Å². The lowest BCUT2D eigenvalue weighted by Crippen LogP contribution is -1.89. The second-order valence-corrected chi connectivity index (χ2v) is 6.29. The first-order chi connectivity index (χ1) is 10.5. The molecule has 22 heavy (non-hydrogen) atoms. The van der Waals surface area contributed by atoms with E-state index in [-0.39, 0.29) is 5.75 Å². The van der Waals surface area contributed by atoms with Crippen LogP contribution < -0.4 is 4.74 Å². The molecular weight excluding hydrogens is 433 g/mol. The molecule has 3 nitrogen and oxygen atoms in total. The molecule has 2 rings (SSSR count). The van der Waals surface area contributed by atoms with E-state index in [1.807, 2.05) is 6.07 Å². The summed E-state index contributed by atoms with van der Waals surface area (Å²) >= 11 is 12.8. The Morgan fingerprint density at radius 3 is 2.59 bits per heavy atom. The first kappa shape index (κ1) is 16.9. The summed E-state index contributed by atoms with van der Waals surface area (Å²) in [5.74, 6) is 0.292. The fourth-order valence-corrected chi connectivity index (χ4v) is 2.96. The smallest absolute Gasteiger partial charge is 0.173 e. The van der Waals surface area contributed by atoms with Crippen LogP contribution >= 0.6 is 43.5 Å². The van der Waals surface area contributed by atoms with E-state index in [0.29, 0.717) is 36.4 Å². The molecule has 0 spiro atoms. The highest BCUT2D eigenvalue weighted by atomic mass is 79.9. The third-order valence-corrected chi connectivity index (χ3v) is 5.47. The van der Waals surface area contributed by atoms with Gasteiger partial charge in [-0.2, -0.15) is 5.26 Å². The molecule has 2 aromatic rings. The van der Waals surface area contributed by atoms with Crippen molar-refractivity contribution in [3.8, 4) is 17.6 Å². The number of hydrogen-bond donors (Lipinski definition) is 1. The van der Waals surface area contributed by atoms with Gasteiger partial charge in [0.25, 0.3) is 0 Å². The molecule has 0 amide bonds. The Morgan fingerprint density at radius 2 is 2.00 bits per heavy atom. The van der Waals surface area contributed by atoms with Crippen molar-refractivity contribution in [1.82, 2.24) is 0 Å². The van der Waals surface area contributed by atoms with E-state index in [4.69, 9.17) is 16.3 Å². The van der Waals surface area contributed by atoms with Gasteiger partial charge in [-0.3, -0.25) is 0 Å². The van der Waals surface area contributed by atoms with Gasteiger partial charge in [-0.25, -0.2) is 0 Å². The fourth-order valence-electron chi connectivity index (χ4n) is 1.88. The van der Waals surface area contributed by atoms with Gasteiger partial charge >= 0.3 is 0 Å². The molecule has 0 aliphatic carbocycles. The summed E-state index contributed by atoms with van der Waals surface area (Å²) in [7, 11) is 1.46. The van der Waals surface area contributed by atoms with Crippen LogP contribution in [0, 0.1) is 11.3 Å². The Bertz CT molecular complexity index is 797. The van der Waals surface area contributed by atoms with E-state index in [2.05, 4.69) is 37.9 Å². The zero-order valence-corrected chi connectivity index (χ0v) is 15.3. The van der Waals surface area contributed by atoms with Crippen LogP contribution in [0.5, 0.6) is 11.5 Å². The number of ether oxygens (including phenoxy) is 1. The van der Waals surface area contributed by atoms with Crippen molar-refractivity contribution in [2.45, 2.75) is 0 Å². The maximum absolute atomic E-state index is 9.95. The van der Waals surface area contributed by atoms with Gasteiger partial charge < -0.3 is 9.84 Å². The molecule has 0 saturated heterocycles. The zero-order valence-electron chi connectivity index (χ0n) is 11.4. The van der Waals surface area contributed by atoms with Crippen molar-refractivity contribution in [2.24, 2.45) is 0 Å². The summed E-state index contributed by atoms with van der Waals surface area (Å²) in [5.41, 5.74) is 1.73. The summed E-state index contributed by atoms with van der Waals surface area (Å²) in [5, 5.41) is 19.9. The van der Waals surface area contributed by atoms with Gasteiger partial charge in [0, 0.05) is 15.1 Å². The molecule has 0 heterocycles. The SMILES string of the molecule is COc1cc(C=C(C#N)c2ccccc2Cl)c(Br)c(Br)c1O. The summed E-state index contributed by atoms with van der Waals surface area (Å²) in [6.45, 7) is 0. The van der Waals surface area contributed by atoms with Gasteiger partial charge in [0.05, 0.1) is 23.2 Å². The quantitative estimate of drug-likeness (QED) is 0.493. The lowest BCUT2D eigenvalue weighted by atomic mass is 10.0. The first-order valence-corrected chi connectivity index (χ1v) is 8.07. The van der Waals surface area contributed by atoms with Gasteiger partial charge in [0.15, 0.2) is 11.5 Å². The van der Waals surface area contributed by atoms with Gasteiger partial charge in [0.1, 0.15) is 0 Å². The van der Waals surface area contributed by atoms with Crippen LogP contribution in [0.1, 0.15) is 11.1 Å². The molecule has 0 unspecified atom stereocenters. The van der Waals surface area contributed by atoms with Crippen molar-refractivity contribution in [1.29, 1.82) is 5.26 Å². The second-order valence-electron chi connectivity index (χ2n) is 4.29. The minimum absolute atomic E-state index is 0.0113. The number of aromatic hydroxyl groups is 1.